The van der Waals surface area contributed by atoms with Crippen LogP contribution < -0.4 is 4.74 Å². The number of hydrogen-bond acceptors (Lipinski definition) is 2. The lowest BCUT2D eigenvalue weighted by atomic mass is 10.1. The third-order valence-electron chi connectivity index (χ3n) is 2.37. The van der Waals surface area contributed by atoms with Crippen molar-refractivity contribution in [2.24, 2.45) is 0 Å². The summed E-state index contributed by atoms with van der Waals surface area (Å²) in [5, 5.41) is 9.63. The molecular weight excluding hydrogens is 236 g/mol. The maximum atomic E-state index is 9.63. The van der Waals surface area contributed by atoms with Gasteiger partial charge in [-0.25, -0.2) is 0 Å². The molecule has 0 heterocycles. The van der Waals surface area contributed by atoms with E-state index in [1.54, 1.807) is 6.07 Å². The zero-order valence-corrected chi connectivity index (χ0v) is 9.97. The lowest BCUT2D eigenvalue weighted by Crippen LogP contribution is -1.98. The van der Waals surface area contributed by atoms with Crippen LogP contribution >= 0.6 is 11.6 Å². The fourth-order valence-electron chi connectivity index (χ4n) is 1.50. The molecule has 0 bridgehead atoms. The predicted octanol–water partition coefficient (Wildman–Crippen LogP) is 3.75. The summed E-state index contributed by atoms with van der Waals surface area (Å²) >= 11 is 5.61. The molecule has 0 aromatic heterocycles. The fraction of sp³-hybridized carbons (Fsp3) is 0.143. The topological polar surface area (TPSA) is 29.5 Å². The van der Waals surface area contributed by atoms with Gasteiger partial charge in [-0.05, 0) is 29.8 Å². The molecule has 0 unspecified atom stereocenters. The van der Waals surface area contributed by atoms with Crippen LogP contribution in [-0.2, 0) is 0 Å². The van der Waals surface area contributed by atoms with Crippen molar-refractivity contribution in [2.75, 3.05) is 5.88 Å². The Hall–Kier alpha value is -1.51. The highest BCUT2D eigenvalue weighted by molar-refractivity contribution is 6.18. The van der Waals surface area contributed by atoms with Crippen LogP contribution in [0.15, 0.2) is 54.6 Å². The second-order valence-electron chi connectivity index (χ2n) is 3.66. The molecular formula is C14H13ClO2. The van der Waals surface area contributed by atoms with Gasteiger partial charge in [0.1, 0.15) is 11.5 Å². The molecule has 2 aromatic rings. The summed E-state index contributed by atoms with van der Waals surface area (Å²) in [7, 11) is 0. The zero-order chi connectivity index (χ0) is 12.1. The Labute approximate surface area is 105 Å². The van der Waals surface area contributed by atoms with Crippen molar-refractivity contribution in [3.05, 3.63) is 60.2 Å². The number of para-hydroxylation sites is 1. The molecule has 17 heavy (non-hydrogen) atoms. The molecule has 0 fully saturated rings. The highest BCUT2D eigenvalue weighted by atomic mass is 35.5. The number of alkyl halides is 1. The molecule has 1 atom stereocenters. The lowest BCUT2D eigenvalue weighted by molar-refractivity contribution is 0.202. The largest absolute Gasteiger partial charge is 0.457 e. The molecule has 0 aliphatic heterocycles. The molecule has 0 aliphatic rings. The summed E-state index contributed by atoms with van der Waals surface area (Å²) in [5.74, 6) is 1.64. The third-order valence-corrected chi connectivity index (χ3v) is 2.66. The molecule has 0 radical (unpaired) electrons. The minimum absolute atomic E-state index is 0.175. The van der Waals surface area contributed by atoms with Gasteiger partial charge in [0.2, 0.25) is 0 Å². The molecule has 0 spiro atoms. The van der Waals surface area contributed by atoms with E-state index in [0.717, 1.165) is 11.3 Å². The molecule has 88 valence electrons. The Morgan fingerprint density at radius 3 is 2.41 bits per heavy atom. The Bertz CT molecular complexity index is 471. The van der Waals surface area contributed by atoms with E-state index in [-0.39, 0.29) is 5.88 Å². The third kappa shape index (κ3) is 3.22. The monoisotopic (exact) mass is 248 g/mol. The van der Waals surface area contributed by atoms with Crippen LogP contribution in [0.5, 0.6) is 11.5 Å². The second kappa shape index (κ2) is 5.71. The van der Waals surface area contributed by atoms with Gasteiger partial charge in [0.25, 0.3) is 0 Å². The van der Waals surface area contributed by atoms with Gasteiger partial charge < -0.3 is 9.84 Å². The number of halogens is 1. The van der Waals surface area contributed by atoms with Crippen molar-refractivity contribution < 1.29 is 9.84 Å². The van der Waals surface area contributed by atoms with E-state index in [2.05, 4.69) is 0 Å². The first-order valence-corrected chi connectivity index (χ1v) is 5.90. The number of benzene rings is 2. The van der Waals surface area contributed by atoms with Gasteiger partial charge in [-0.3, -0.25) is 0 Å². The van der Waals surface area contributed by atoms with E-state index in [1.807, 2.05) is 48.5 Å². The predicted molar refractivity (Wildman–Crippen MR) is 68.6 cm³/mol. The standard InChI is InChI=1S/C14H13ClO2/c15-10-14(16)11-5-4-8-13(9-11)17-12-6-2-1-3-7-12/h1-9,14,16H,10H2/t14-/m1/s1. The van der Waals surface area contributed by atoms with Crippen LogP contribution in [-0.4, -0.2) is 11.0 Å². The van der Waals surface area contributed by atoms with Crippen molar-refractivity contribution in [1.82, 2.24) is 0 Å². The summed E-state index contributed by atoms with van der Waals surface area (Å²) < 4.78 is 5.66. The van der Waals surface area contributed by atoms with Crippen molar-refractivity contribution in [2.45, 2.75) is 6.10 Å². The normalized spacial score (nSPS) is 12.1. The number of aliphatic hydroxyl groups is 1. The average molecular weight is 249 g/mol. The smallest absolute Gasteiger partial charge is 0.127 e. The quantitative estimate of drug-likeness (QED) is 0.835. The minimum Gasteiger partial charge on any atom is -0.457 e. The fourth-order valence-corrected chi connectivity index (χ4v) is 1.68. The van der Waals surface area contributed by atoms with E-state index in [0.29, 0.717) is 5.75 Å². The van der Waals surface area contributed by atoms with Crippen molar-refractivity contribution >= 4 is 11.6 Å². The average Bonchev–Trinajstić information content (AvgIpc) is 2.39. The summed E-state index contributed by atoms with van der Waals surface area (Å²) in [6, 6.07) is 16.8. The molecule has 0 saturated carbocycles. The Morgan fingerprint density at radius 2 is 1.71 bits per heavy atom. The van der Waals surface area contributed by atoms with Gasteiger partial charge in [0, 0.05) is 0 Å². The molecule has 2 aromatic carbocycles. The van der Waals surface area contributed by atoms with Crippen LogP contribution in [0.2, 0.25) is 0 Å². The highest BCUT2D eigenvalue weighted by Crippen LogP contribution is 2.24. The van der Waals surface area contributed by atoms with Crippen LogP contribution in [0.4, 0.5) is 0 Å². The molecule has 0 aliphatic carbocycles. The van der Waals surface area contributed by atoms with Gasteiger partial charge >= 0.3 is 0 Å². The second-order valence-corrected chi connectivity index (χ2v) is 3.97. The highest BCUT2D eigenvalue weighted by Gasteiger charge is 2.06. The molecule has 1 N–H and O–H groups in total. The van der Waals surface area contributed by atoms with E-state index < -0.39 is 6.10 Å². The number of aliphatic hydroxyl groups excluding tert-OH is 1. The lowest BCUT2D eigenvalue weighted by Gasteiger charge is -2.10. The first kappa shape index (κ1) is 12.0. The van der Waals surface area contributed by atoms with Gasteiger partial charge in [-0.1, -0.05) is 30.3 Å². The van der Waals surface area contributed by atoms with Crippen LogP contribution in [0.1, 0.15) is 11.7 Å². The van der Waals surface area contributed by atoms with Gasteiger partial charge in [0.15, 0.2) is 0 Å². The summed E-state index contributed by atoms with van der Waals surface area (Å²) in [5.41, 5.74) is 0.758. The first-order valence-electron chi connectivity index (χ1n) is 5.36. The van der Waals surface area contributed by atoms with E-state index in [1.165, 1.54) is 0 Å². The molecule has 0 saturated heterocycles. The van der Waals surface area contributed by atoms with Crippen molar-refractivity contribution in [1.29, 1.82) is 0 Å². The van der Waals surface area contributed by atoms with Crippen LogP contribution in [0.3, 0.4) is 0 Å². The maximum absolute atomic E-state index is 9.63. The number of ether oxygens (including phenoxy) is 1. The van der Waals surface area contributed by atoms with Crippen LogP contribution in [0, 0.1) is 0 Å². The molecule has 3 heteroatoms. The Balaban J connectivity index is 2.17. The van der Waals surface area contributed by atoms with Gasteiger partial charge in [-0.15, -0.1) is 11.6 Å². The van der Waals surface area contributed by atoms with Crippen molar-refractivity contribution in [3.8, 4) is 11.5 Å². The minimum atomic E-state index is -0.656. The van der Waals surface area contributed by atoms with Crippen molar-refractivity contribution in [3.63, 3.8) is 0 Å². The summed E-state index contributed by atoms with van der Waals surface area (Å²) in [6.07, 6.45) is -0.656. The SMILES string of the molecule is O[C@H](CCl)c1cccc(Oc2ccccc2)c1. The molecule has 2 nitrogen and oxygen atoms in total. The summed E-state index contributed by atoms with van der Waals surface area (Å²) in [6.45, 7) is 0. The Morgan fingerprint density at radius 1 is 1.00 bits per heavy atom. The molecule has 0 amide bonds. The van der Waals surface area contributed by atoms with E-state index in [9.17, 15) is 5.11 Å². The maximum Gasteiger partial charge on any atom is 0.127 e. The van der Waals surface area contributed by atoms with E-state index >= 15 is 0 Å². The van der Waals surface area contributed by atoms with Crippen LogP contribution in [0.25, 0.3) is 0 Å². The Kier molecular flexibility index (Phi) is 4.02. The van der Waals surface area contributed by atoms with Gasteiger partial charge in [-0.2, -0.15) is 0 Å². The first-order chi connectivity index (χ1) is 8.29. The molecule has 2 rings (SSSR count). The summed E-state index contributed by atoms with van der Waals surface area (Å²) in [4.78, 5) is 0. The van der Waals surface area contributed by atoms with Gasteiger partial charge in [0.05, 0.1) is 12.0 Å². The number of rotatable bonds is 4. The zero-order valence-electron chi connectivity index (χ0n) is 9.21. The van der Waals surface area contributed by atoms with E-state index in [4.69, 9.17) is 16.3 Å². The number of hydrogen-bond donors (Lipinski definition) is 1.